The Hall–Kier alpha value is -1.38. The van der Waals surface area contributed by atoms with Crippen molar-refractivity contribution in [2.24, 2.45) is 5.92 Å². The van der Waals surface area contributed by atoms with Gasteiger partial charge >= 0.3 is 0 Å². The number of likely N-dealkylation sites (tertiary alicyclic amines) is 1. The van der Waals surface area contributed by atoms with Crippen LogP contribution in [0.4, 0.5) is 0 Å². The monoisotopic (exact) mass is 342 g/mol. The highest BCUT2D eigenvalue weighted by Crippen LogP contribution is 2.20. The first-order valence-corrected chi connectivity index (χ1v) is 9.54. The molecule has 136 valence electrons. The molecule has 1 atom stereocenters. The quantitative estimate of drug-likeness (QED) is 0.830. The number of benzene rings is 1. The van der Waals surface area contributed by atoms with Crippen LogP contribution in [0.2, 0.25) is 0 Å². The van der Waals surface area contributed by atoms with Crippen LogP contribution in [-0.4, -0.2) is 67.5 Å². The van der Waals surface area contributed by atoms with Crippen molar-refractivity contribution in [1.82, 2.24) is 9.80 Å². The van der Waals surface area contributed by atoms with Crippen molar-refractivity contribution < 1.29 is 9.84 Å². The molecule has 0 amide bonds. The average Bonchev–Trinajstić information content (AvgIpc) is 2.65. The normalized spacial score (nSPS) is 22.4. The molecule has 2 saturated heterocycles. The highest BCUT2D eigenvalue weighted by molar-refractivity contribution is 5.36. The van der Waals surface area contributed by atoms with Crippen molar-refractivity contribution in [2.75, 3.05) is 52.5 Å². The Morgan fingerprint density at radius 3 is 2.64 bits per heavy atom. The minimum atomic E-state index is 0.131. The lowest BCUT2D eigenvalue weighted by molar-refractivity contribution is 0.0224. The summed E-state index contributed by atoms with van der Waals surface area (Å²) in [5.74, 6) is 6.85. The second-order valence-electron chi connectivity index (χ2n) is 7.13. The van der Waals surface area contributed by atoms with E-state index in [1.807, 2.05) is 0 Å². The predicted molar refractivity (Wildman–Crippen MR) is 100 cm³/mol. The number of rotatable bonds is 5. The SMILES string of the molecule is OCCC#Cc1ccc(CN2CCC[C@H](CN3CCOCC3)C2)cc1. The first-order valence-electron chi connectivity index (χ1n) is 9.54. The fourth-order valence-corrected chi connectivity index (χ4v) is 3.76. The largest absolute Gasteiger partial charge is 0.395 e. The third-order valence-electron chi connectivity index (χ3n) is 5.05. The number of piperidine rings is 1. The summed E-state index contributed by atoms with van der Waals surface area (Å²) in [5, 5.41) is 8.78. The standard InChI is InChI=1S/C21H30N2O2/c24-13-2-1-4-19-6-8-20(9-7-19)16-23-10-3-5-21(18-23)17-22-11-14-25-15-12-22/h6-9,21,24H,2-3,5,10-18H2/t21-/m1/s1. The van der Waals surface area contributed by atoms with Crippen LogP contribution in [0.25, 0.3) is 0 Å². The van der Waals surface area contributed by atoms with Crippen molar-refractivity contribution >= 4 is 0 Å². The van der Waals surface area contributed by atoms with Crippen LogP contribution in [0.5, 0.6) is 0 Å². The van der Waals surface area contributed by atoms with E-state index in [1.54, 1.807) is 0 Å². The van der Waals surface area contributed by atoms with E-state index in [0.29, 0.717) is 6.42 Å². The van der Waals surface area contributed by atoms with Gasteiger partial charge in [-0.25, -0.2) is 0 Å². The van der Waals surface area contributed by atoms with Crippen LogP contribution >= 0.6 is 0 Å². The Bertz CT molecular complexity index is 570. The van der Waals surface area contributed by atoms with Gasteiger partial charge in [-0.3, -0.25) is 9.80 Å². The number of aliphatic hydroxyl groups is 1. The molecule has 0 spiro atoms. The maximum absolute atomic E-state index is 8.78. The van der Waals surface area contributed by atoms with Crippen LogP contribution < -0.4 is 0 Å². The summed E-state index contributed by atoms with van der Waals surface area (Å²) < 4.78 is 5.46. The molecule has 0 aromatic heterocycles. The molecule has 2 aliphatic heterocycles. The summed E-state index contributed by atoms with van der Waals surface area (Å²) in [6.07, 6.45) is 3.20. The summed E-state index contributed by atoms with van der Waals surface area (Å²) in [7, 11) is 0. The van der Waals surface area contributed by atoms with Crippen LogP contribution in [0, 0.1) is 17.8 Å². The number of hydrogen-bond donors (Lipinski definition) is 1. The van der Waals surface area contributed by atoms with Crippen molar-refractivity contribution in [3.63, 3.8) is 0 Å². The zero-order valence-corrected chi connectivity index (χ0v) is 15.1. The van der Waals surface area contributed by atoms with Crippen LogP contribution in [-0.2, 0) is 11.3 Å². The van der Waals surface area contributed by atoms with Gasteiger partial charge in [0.2, 0.25) is 0 Å². The molecule has 1 N–H and O–H groups in total. The lowest BCUT2D eigenvalue weighted by Gasteiger charge is -2.36. The number of hydrogen-bond acceptors (Lipinski definition) is 4. The van der Waals surface area contributed by atoms with Gasteiger partial charge in [-0.15, -0.1) is 0 Å². The highest BCUT2D eigenvalue weighted by Gasteiger charge is 2.23. The third-order valence-corrected chi connectivity index (χ3v) is 5.05. The molecule has 1 aromatic carbocycles. The first-order chi connectivity index (χ1) is 12.3. The molecule has 2 fully saturated rings. The second kappa shape index (κ2) is 9.94. The molecule has 25 heavy (non-hydrogen) atoms. The van der Waals surface area contributed by atoms with Crippen LogP contribution in [0.1, 0.15) is 30.4 Å². The number of ether oxygens (including phenoxy) is 1. The molecule has 0 aliphatic carbocycles. The molecule has 0 radical (unpaired) electrons. The topological polar surface area (TPSA) is 35.9 Å². The van der Waals surface area contributed by atoms with Gasteiger partial charge in [-0.05, 0) is 43.0 Å². The molecule has 2 heterocycles. The lowest BCUT2D eigenvalue weighted by atomic mass is 9.96. The van der Waals surface area contributed by atoms with E-state index in [2.05, 4.69) is 45.9 Å². The molecular weight excluding hydrogens is 312 g/mol. The average molecular weight is 342 g/mol. The maximum Gasteiger partial charge on any atom is 0.0594 e. The summed E-state index contributed by atoms with van der Waals surface area (Å²) in [6, 6.07) is 8.56. The van der Waals surface area contributed by atoms with Crippen LogP contribution in [0.15, 0.2) is 24.3 Å². The molecule has 2 aliphatic rings. The van der Waals surface area contributed by atoms with Crippen molar-refractivity contribution in [1.29, 1.82) is 0 Å². The molecule has 4 heteroatoms. The molecule has 0 saturated carbocycles. The minimum Gasteiger partial charge on any atom is -0.395 e. The van der Waals surface area contributed by atoms with Gasteiger partial charge in [-0.1, -0.05) is 24.0 Å². The second-order valence-corrected chi connectivity index (χ2v) is 7.13. The summed E-state index contributed by atoms with van der Waals surface area (Å²) in [6.45, 7) is 8.76. The van der Waals surface area contributed by atoms with Gasteiger partial charge in [0.1, 0.15) is 0 Å². The Morgan fingerprint density at radius 1 is 1.08 bits per heavy atom. The van der Waals surface area contributed by atoms with E-state index in [0.717, 1.165) is 44.3 Å². The Morgan fingerprint density at radius 2 is 1.88 bits per heavy atom. The van der Waals surface area contributed by atoms with Gasteiger partial charge < -0.3 is 9.84 Å². The van der Waals surface area contributed by atoms with E-state index in [1.165, 1.54) is 38.0 Å². The van der Waals surface area contributed by atoms with E-state index in [4.69, 9.17) is 9.84 Å². The van der Waals surface area contributed by atoms with E-state index in [9.17, 15) is 0 Å². The Kier molecular flexibility index (Phi) is 7.32. The fraction of sp³-hybridized carbons (Fsp3) is 0.619. The Balaban J connectivity index is 1.47. The molecule has 0 bridgehead atoms. The molecule has 3 rings (SSSR count). The highest BCUT2D eigenvalue weighted by atomic mass is 16.5. The number of nitrogens with zero attached hydrogens (tertiary/aromatic N) is 2. The van der Waals surface area contributed by atoms with Gasteiger partial charge in [0.25, 0.3) is 0 Å². The Labute approximate surface area is 151 Å². The van der Waals surface area contributed by atoms with Crippen LogP contribution in [0.3, 0.4) is 0 Å². The third kappa shape index (κ3) is 6.13. The lowest BCUT2D eigenvalue weighted by Crippen LogP contribution is -2.44. The summed E-state index contributed by atoms with van der Waals surface area (Å²) in [5.41, 5.74) is 2.39. The molecule has 0 unspecified atom stereocenters. The summed E-state index contributed by atoms with van der Waals surface area (Å²) in [4.78, 5) is 5.17. The van der Waals surface area contributed by atoms with E-state index in [-0.39, 0.29) is 6.61 Å². The smallest absolute Gasteiger partial charge is 0.0594 e. The number of morpholine rings is 1. The summed E-state index contributed by atoms with van der Waals surface area (Å²) >= 11 is 0. The van der Waals surface area contributed by atoms with Crippen molar-refractivity contribution in [3.05, 3.63) is 35.4 Å². The maximum atomic E-state index is 8.78. The first kappa shape index (κ1) is 18.4. The van der Waals surface area contributed by atoms with Gasteiger partial charge in [0.05, 0.1) is 19.8 Å². The van der Waals surface area contributed by atoms with Gasteiger partial charge in [0.15, 0.2) is 0 Å². The fourth-order valence-electron chi connectivity index (χ4n) is 3.76. The molecular formula is C21H30N2O2. The number of aliphatic hydroxyl groups excluding tert-OH is 1. The van der Waals surface area contributed by atoms with Gasteiger partial charge in [-0.2, -0.15) is 0 Å². The molecule has 1 aromatic rings. The van der Waals surface area contributed by atoms with Crippen molar-refractivity contribution in [3.8, 4) is 11.8 Å². The predicted octanol–water partition coefficient (Wildman–Crippen LogP) is 1.96. The molecule has 4 nitrogen and oxygen atoms in total. The zero-order chi connectivity index (χ0) is 17.3. The van der Waals surface area contributed by atoms with Crippen molar-refractivity contribution in [2.45, 2.75) is 25.8 Å². The zero-order valence-electron chi connectivity index (χ0n) is 15.1. The van der Waals surface area contributed by atoms with E-state index >= 15 is 0 Å². The van der Waals surface area contributed by atoms with Gasteiger partial charge in [0, 0.05) is 44.7 Å². The minimum absolute atomic E-state index is 0.131. The van der Waals surface area contributed by atoms with E-state index < -0.39 is 0 Å².